The highest BCUT2D eigenvalue weighted by molar-refractivity contribution is 5.86. The van der Waals surface area contributed by atoms with Crippen LogP contribution in [0.25, 0.3) is 0 Å². The van der Waals surface area contributed by atoms with E-state index >= 15 is 0 Å². The predicted molar refractivity (Wildman–Crippen MR) is 96.9 cm³/mol. The first-order chi connectivity index (χ1) is 11.2. The van der Waals surface area contributed by atoms with Gasteiger partial charge in [-0.25, -0.2) is 0 Å². The summed E-state index contributed by atoms with van der Waals surface area (Å²) >= 11 is 0. The number of hydrogen-bond acceptors (Lipinski definition) is 3. The second-order valence-corrected chi connectivity index (χ2v) is 6.42. The van der Waals surface area contributed by atoms with E-state index in [-0.39, 0.29) is 18.3 Å². The van der Waals surface area contributed by atoms with Crippen molar-refractivity contribution in [3.05, 3.63) is 53.9 Å². The molecule has 5 nitrogen and oxygen atoms in total. The fraction of sp³-hybridized carbons (Fsp3) is 0.444. The van der Waals surface area contributed by atoms with E-state index in [0.29, 0.717) is 6.54 Å². The molecule has 1 saturated carbocycles. The van der Waals surface area contributed by atoms with Gasteiger partial charge in [0.15, 0.2) is 0 Å². The second-order valence-electron chi connectivity index (χ2n) is 6.42. The molecule has 0 bridgehead atoms. The Labute approximate surface area is 149 Å². The Morgan fingerprint density at radius 1 is 1.17 bits per heavy atom. The van der Waals surface area contributed by atoms with Crippen molar-refractivity contribution in [1.82, 2.24) is 15.1 Å². The lowest BCUT2D eigenvalue weighted by Gasteiger charge is -2.31. The summed E-state index contributed by atoms with van der Waals surface area (Å²) in [4.78, 5) is 12.3. The molecule has 0 aliphatic heterocycles. The molecular formula is C18H25ClN4O. The van der Waals surface area contributed by atoms with Gasteiger partial charge in [-0.05, 0) is 30.0 Å². The zero-order valence-corrected chi connectivity index (χ0v) is 14.6. The van der Waals surface area contributed by atoms with Gasteiger partial charge in [0.2, 0.25) is 5.91 Å². The number of aromatic nitrogens is 2. The maximum absolute atomic E-state index is 12.3. The summed E-state index contributed by atoms with van der Waals surface area (Å²) in [5.74, 6) is -0.0159. The summed E-state index contributed by atoms with van der Waals surface area (Å²) in [6, 6.07) is 10.1. The third kappa shape index (κ3) is 4.58. The van der Waals surface area contributed by atoms with Crippen molar-refractivity contribution < 1.29 is 4.79 Å². The molecule has 1 amide bonds. The number of hydrogen-bond donors (Lipinski definition) is 2. The van der Waals surface area contributed by atoms with Crippen LogP contribution in [-0.2, 0) is 17.9 Å². The lowest BCUT2D eigenvalue weighted by atomic mass is 9.82. The molecule has 0 saturated heterocycles. The third-order valence-corrected chi connectivity index (χ3v) is 4.58. The largest absolute Gasteiger partial charge is 0.350 e. The highest BCUT2D eigenvalue weighted by atomic mass is 35.5. The van der Waals surface area contributed by atoms with E-state index < -0.39 is 5.54 Å². The standard InChI is InChI=1S/C18H24N4O.ClH/c19-18(9-2-1-3-10-18)17(23)20-13-15-5-7-16(8-6-15)14-22-12-4-11-21-22;/h4-8,11-12H,1-3,9-10,13-14,19H2,(H,20,23);1H. The Hall–Kier alpha value is -1.85. The molecule has 1 aromatic carbocycles. The van der Waals surface area contributed by atoms with Crippen LogP contribution in [0.15, 0.2) is 42.7 Å². The Morgan fingerprint density at radius 3 is 2.46 bits per heavy atom. The zero-order valence-electron chi connectivity index (χ0n) is 13.8. The fourth-order valence-electron chi connectivity index (χ4n) is 3.11. The van der Waals surface area contributed by atoms with Gasteiger partial charge in [0, 0.05) is 18.9 Å². The molecule has 1 aromatic heterocycles. The Morgan fingerprint density at radius 2 is 1.83 bits per heavy atom. The van der Waals surface area contributed by atoms with Gasteiger partial charge in [-0.3, -0.25) is 9.48 Å². The normalized spacial score (nSPS) is 16.2. The van der Waals surface area contributed by atoms with Crippen LogP contribution in [0.5, 0.6) is 0 Å². The first kappa shape index (κ1) is 18.5. The minimum atomic E-state index is -0.668. The number of nitrogens with one attached hydrogen (secondary N) is 1. The molecule has 3 rings (SSSR count). The molecule has 2 aromatic rings. The minimum Gasteiger partial charge on any atom is -0.350 e. The van der Waals surface area contributed by atoms with Crippen molar-refractivity contribution >= 4 is 18.3 Å². The van der Waals surface area contributed by atoms with Crippen molar-refractivity contribution in [3.63, 3.8) is 0 Å². The number of carbonyl (C=O) groups is 1. The van der Waals surface area contributed by atoms with Gasteiger partial charge in [0.05, 0.1) is 12.1 Å². The molecule has 3 N–H and O–H groups in total. The van der Waals surface area contributed by atoms with Gasteiger partial charge in [-0.1, -0.05) is 43.5 Å². The average Bonchev–Trinajstić information content (AvgIpc) is 3.07. The van der Waals surface area contributed by atoms with Crippen LogP contribution in [0.2, 0.25) is 0 Å². The Bertz CT molecular complexity index is 634. The van der Waals surface area contributed by atoms with Gasteiger partial charge in [-0.2, -0.15) is 5.10 Å². The van der Waals surface area contributed by atoms with Crippen molar-refractivity contribution in [2.24, 2.45) is 5.73 Å². The van der Waals surface area contributed by atoms with Gasteiger partial charge in [0.1, 0.15) is 0 Å². The van der Waals surface area contributed by atoms with Crippen LogP contribution in [0.4, 0.5) is 0 Å². The van der Waals surface area contributed by atoms with Crippen LogP contribution in [0.1, 0.15) is 43.2 Å². The first-order valence-electron chi connectivity index (χ1n) is 8.28. The predicted octanol–water partition coefficient (Wildman–Crippen LogP) is 2.63. The molecule has 1 aliphatic rings. The van der Waals surface area contributed by atoms with E-state index in [1.807, 2.05) is 29.1 Å². The van der Waals surface area contributed by atoms with Gasteiger partial charge >= 0.3 is 0 Å². The smallest absolute Gasteiger partial charge is 0.240 e. The lowest BCUT2D eigenvalue weighted by molar-refractivity contribution is -0.127. The van der Waals surface area contributed by atoms with Gasteiger partial charge < -0.3 is 11.1 Å². The van der Waals surface area contributed by atoms with Crippen LogP contribution in [-0.4, -0.2) is 21.2 Å². The van der Waals surface area contributed by atoms with Crippen LogP contribution >= 0.6 is 12.4 Å². The molecule has 24 heavy (non-hydrogen) atoms. The van der Waals surface area contributed by atoms with Crippen molar-refractivity contribution in [2.75, 3.05) is 0 Å². The van der Waals surface area contributed by atoms with Crippen molar-refractivity contribution in [1.29, 1.82) is 0 Å². The quantitative estimate of drug-likeness (QED) is 0.872. The number of benzene rings is 1. The maximum atomic E-state index is 12.3. The molecule has 0 atom stereocenters. The lowest BCUT2D eigenvalue weighted by Crippen LogP contribution is -2.54. The number of carbonyl (C=O) groups excluding carboxylic acids is 1. The fourth-order valence-corrected chi connectivity index (χ4v) is 3.11. The van der Waals surface area contributed by atoms with Crippen molar-refractivity contribution in [2.45, 2.75) is 50.7 Å². The average molecular weight is 349 g/mol. The molecule has 1 aliphatic carbocycles. The SMILES string of the molecule is Cl.NC1(C(=O)NCc2ccc(Cn3cccn3)cc2)CCCCC1. The summed E-state index contributed by atoms with van der Waals surface area (Å²) in [6.07, 6.45) is 8.59. The van der Waals surface area contributed by atoms with E-state index in [1.165, 1.54) is 12.0 Å². The molecule has 0 spiro atoms. The van der Waals surface area contributed by atoms with E-state index in [0.717, 1.165) is 37.8 Å². The van der Waals surface area contributed by atoms with Crippen molar-refractivity contribution in [3.8, 4) is 0 Å². The molecular weight excluding hydrogens is 324 g/mol. The van der Waals surface area contributed by atoms with Gasteiger partial charge in [-0.15, -0.1) is 12.4 Å². The maximum Gasteiger partial charge on any atom is 0.240 e. The van der Waals surface area contributed by atoms with Crippen LogP contribution < -0.4 is 11.1 Å². The second kappa shape index (κ2) is 8.31. The molecule has 1 fully saturated rings. The van der Waals surface area contributed by atoms with E-state index in [1.54, 1.807) is 6.20 Å². The summed E-state index contributed by atoms with van der Waals surface area (Å²) < 4.78 is 1.89. The Kier molecular flexibility index (Phi) is 6.40. The Balaban J connectivity index is 0.00000208. The van der Waals surface area contributed by atoms with Gasteiger partial charge in [0.25, 0.3) is 0 Å². The highest BCUT2D eigenvalue weighted by Gasteiger charge is 2.34. The molecule has 0 radical (unpaired) electrons. The van der Waals surface area contributed by atoms with Crippen LogP contribution in [0.3, 0.4) is 0 Å². The molecule has 1 heterocycles. The number of rotatable bonds is 5. The molecule has 6 heteroatoms. The topological polar surface area (TPSA) is 72.9 Å². The molecule has 130 valence electrons. The number of halogens is 1. The van der Waals surface area contributed by atoms with E-state index in [9.17, 15) is 4.79 Å². The highest BCUT2D eigenvalue weighted by Crippen LogP contribution is 2.26. The minimum absolute atomic E-state index is 0. The molecule has 0 unspecified atom stereocenters. The van der Waals surface area contributed by atoms with E-state index in [2.05, 4.69) is 22.5 Å². The summed E-state index contributed by atoms with van der Waals surface area (Å²) in [5.41, 5.74) is 7.85. The summed E-state index contributed by atoms with van der Waals surface area (Å²) in [7, 11) is 0. The van der Waals surface area contributed by atoms with Crippen LogP contribution in [0, 0.1) is 0 Å². The number of nitrogens with two attached hydrogens (primary N) is 1. The summed E-state index contributed by atoms with van der Waals surface area (Å²) in [5, 5.41) is 7.19. The summed E-state index contributed by atoms with van der Waals surface area (Å²) in [6.45, 7) is 1.28. The third-order valence-electron chi connectivity index (χ3n) is 4.58. The zero-order chi connectivity index (χ0) is 16.1. The monoisotopic (exact) mass is 348 g/mol. The van der Waals surface area contributed by atoms with E-state index in [4.69, 9.17) is 5.73 Å². The number of amides is 1. The number of nitrogens with zero attached hydrogens (tertiary/aromatic N) is 2. The first-order valence-corrected chi connectivity index (χ1v) is 8.28.